The molecule has 0 aromatic rings. The zero-order valence-corrected chi connectivity index (χ0v) is 8.62. The van der Waals surface area contributed by atoms with Crippen molar-refractivity contribution in [2.45, 2.75) is 13.8 Å². The highest BCUT2D eigenvalue weighted by molar-refractivity contribution is 6.67. The van der Waals surface area contributed by atoms with Crippen LogP contribution in [-0.4, -0.2) is 28.5 Å². The van der Waals surface area contributed by atoms with E-state index in [9.17, 15) is 4.79 Å². The Morgan fingerprint density at radius 1 is 1.67 bits per heavy atom. The second-order valence-electron chi connectivity index (χ2n) is 2.04. The fourth-order valence-corrected chi connectivity index (χ4v) is 2.15. The standard InChI is InChI=1S/C7H14O4Si/c1-5-10-12(6-2,9-4)11-7(3)8/h6H,2,5H2,1,3-4H3. The predicted molar refractivity (Wildman–Crippen MR) is 46.4 cm³/mol. The number of carbonyl (C=O) groups is 1. The van der Waals surface area contributed by atoms with Crippen LogP contribution in [0.5, 0.6) is 0 Å². The van der Waals surface area contributed by atoms with Crippen molar-refractivity contribution in [2.24, 2.45) is 0 Å². The van der Waals surface area contributed by atoms with E-state index >= 15 is 0 Å². The van der Waals surface area contributed by atoms with Gasteiger partial charge in [-0.15, -0.1) is 0 Å². The van der Waals surface area contributed by atoms with E-state index in [0.29, 0.717) is 6.61 Å². The quantitative estimate of drug-likeness (QED) is 0.604. The maximum atomic E-state index is 10.7. The largest absolute Gasteiger partial charge is 0.596 e. The lowest BCUT2D eigenvalue weighted by Crippen LogP contribution is -2.44. The molecule has 0 heterocycles. The van der Waals surface area contributed by atoms with E-state index in [2.05, 4.69) is 6.58 Å². The normalized spacial score (nSPS) is 14.9. The smallest absolute Gasteiger partial charge is 0.471 e. The molecular weight excluding hydrogens is 176 g/mol. The van der Waals surface area contributed by atoms with Gasteiger partial charge in [0.2, 0.25) is 0 Å². The summed E-state index contributed by atoms with van der Waals surface area (Å²) >= 11 is 0. The molecule has 1 atom stereocenters. The Kier molecular flexibility index (Phi) is 4.80. The van der Waals surface area contributed by atoms with Crippen molar-refractivity contribution < 1.29 is 18.1 Å². The van der Waals surface area contributed by atoms with Crippen LogP contribution in [-0.2, 0) is 18.1 Å². The average molecular weight is 190 g/mol. The lowest BCUT2D eigenvalue weighted by atomic mass is 10.9. The van der Waals surface area contributed by atoms with Crippen molar-refractivity contribution in [3.63, 3.8) is 0 Å². The van der Waals surface area contributed by atoms with Crippen LogP contribution in [0.25, 0.3) is 0 Å². The zero-order chi connectivity index (χ0) is 9.61. The van der Waals surface area contributed by atoms with Gasteiger partial charge in [-0.1, -0.05) is 6.58 Å². The van der Waals surface area contributed by atoms with Crippen LogP contribution in [0.4, 0.5) is 0 Å². The Balaban J connectivity index is 4.33. The van der Waals surface area contributed by atoms with Gasteiger partial charge in [0, 0.05) is 20.6 Å². The number of hydrogen-bond donors (Lipinski definition) is 0. The third-order valence-electron chi connectivity index (χ3n) is 1.17. The number of carbonyl (C=O) groups excluding carboxylic acids is 1. The summed E-state index contributed by atoms with van der Waals surface area (Å²) in [6.45, 7) is 7.05. The fourth-order valence-electron chi connectivity index (χ4n) is 0.716. The van der Waals surface area contributed by atoms with Gasteiger partial charge in [0.05, 0.1) is 0 Å². The molecule has 4 nitrogen and oxygen atoms in total. The van der Waals surface area contributed by atoms with Crippen LogP contribution in [0, 0.1) is 0 Å². The molecule has 0 spiro atoms. The van der Waals surface area contributed by atoms with Gasteiger partial charge in [-0.3, -0.25) is 4.79 Å². The van der Waals surface area contributed by atoms with E-state index in [1.54, 1.807) is 6.92 Å². The van der Waals surface area contributed by atoms with Crippen LogP contribution < -0.4 is 0 Å². The molecule has 0 rings (SSSR count). The third-order valence-corrected chi connectivity index (χ3v) is 3.50. The Labute approximate surface area is 73.5 Å². The predicted octanol–water partition coefficient (Wildman–Crippen LogP) is 0.896. The van der Waals surface area contributed by atoms with Gasteiger partial charge in [0.25, 0.3) is 5.97 Å². The van der Waals surface area contributed by atoms with E-state index in [1.165, 1.54) is 19.7 Å². The maximum Gasteiger partial charge on any atom is 0.596 e. The molecule has 1 unspecified atom stereocenters. The van der Waals surface area contributed by atoms with Crippen molar-refractivity contribution in [3.8, 4) is 0 Å². The molecule has 0 saturated heterocycles. The van der Waals surface area contributed by atoms with E-state index < -0.39 is 14.8 Å². The molecular formula is C7H14O4Si. The zero-order valence-electron chi connectivity index (χ0n) is 7.62. The second kappa shape index (κ2) is 5.07. The van der Waals surface area contributed by atoms with E-state index in [0.717, 1.165) is 0 Å². The minimum absolute atomic E-state index is 0.420. The minimum Gasteiger partial charge on any atom is -0.471 e. The van der Waals surface area contributed by atoms with Crippen molar-refractivity contribution in [1.29, 1.82) is 0 Å². The first-order valence-electron chi connectivity index (χ1n) is 3.62. The molecule has 0 fully saturated rings. The highest BCUT2D eigenvalue weighted by atomic mass is 28.4. The molecule has 0 bridgehead atoms. The summed E-state index contributed by atoms with van der Waals surface area (Å²) in [7, 11) is -1.46. The highest BCUT2D eigenvalue weighted by Crippen LogP contribution is 2.09. The van der Waals surface area contributed by atoms with Gasteiger partial charge in [-0.25, -0.2) is 0 Å². The van der Waals surface area contributed by atoms with E-state index in [-0.39, 0.29) is 0 Å². The van der Waals surface area contributed by atoms with E-state index in [1.807, 2.05) is 0 Å². The topological polar surface area (TPSA) is 44.8 Å². The van der Waals surface area contributed by atoms with E-state index in [4.69, 9.17) is 13.3 Å². The Bertz CT molecular complexity index is 171. The summed E-state index contributed by atoms with van der Waals surface area (Å²) in [5, 5.41) is 0. The lowest BCUT2D eigenvalue weighted by molar-refractivity contribution is -0.136. The molecule has 0 aromatic heterocycles. The third kappa shape index (κ3) is 3.16. The summed E-state index contributed by atoms with van der Waals surface area (Å²) in [5.74, 6) is -0.420. The van der Waals surface area contributed by atoms with Crippen LogP contribution in [0.2, 0.25) is 0 Å². The maximum absolute atomic E-state index is 10.7. The molecule has 0 aliphatic rings. The minimum atomic E-state index is -2.89. The van der Waals surface area contributed by atoms with Crippen molar-refractivity contribution in [2.75, 3.05) is 13.7 Å². The molecule has 0 amide bonds. The average Bonchev–Trinajstić information content (AvgIpc) is 2.03. The van der Waals surface area contributed by atoms with Crippen LogP contribution in [0.1, 0.15) is 13.8 Å². The molecule has 0 radical (unpaired) electrons. The molecule has 70 valence electrons. The lowest BCUT2D eigenvalue weighted by Gasteiger charge is -2.22. The van der Waals surface area contributed by atoms with Crippen LogP contribution >= 0.6 is 0 Å². The Morgan fingerprint density at radius 2 is 2.25 bits per heavy atom. The monoisotopic (exact) mass is 190 g/mol. The molecule has 0 aromatic carbocycles. The Hall–Kier alpha value is -0.653. The summed E-state index contributed by atoms with van der Waals surface area (Å²) in [6.07, 6.45) is 0. The van der Waals surface area contributed by atoms with Gasteiger partial charge in [-0.05, 0) is 12.6 Å². The summed E-state index contributed by atoms with van der Waals surface area (Å²) in [5.41, 5.74) is 1.43. The van der Waals surface area contributed by atoms with Crippen molar-refractivity contribution in [1.82, 2.24) is 0 Å². The molecule has 0 saturated carbocycles. The van der Waals surface area contributed by atoms with Gasteiger partial charge < -0.3 is 13.3 Å². The Morgan fingerprint density at radius 3 is 2.50 bits per heavy atom. The van der Waals surface area contributed by atoms with Gasteiger partial charge in [0.1, 0.15) is 0 Å². The molecule has 0 N–H and O–H groups in total. The number of hydrogen-bond acceptors (Lipinski definition) is 4. The van der Waals surface area contributed by atoms with Crippen molar-refractivity contribution >= 4 is 14.8 Å². The SMILES string of the molecule is C=C[Si](OC)(OCC)OC(C)=O. The first-order valence-corrected chi connectivity index (χ1v) is 5.42. The van der Waals surface area contributed by atoms with Crippen molar-refractivity contribution in [3.05, 3.63) is 12.3 Å². The first kappa shape index (κ1) is 11.3. The summed E-state index contributed by atoms with van der Waals surface area (Å²) < 4.78 is 15.1. The molecule has 0 aliphatic carbocycles. The molecule has 12 heavy (non-hydrogen) atoms. The van der Waals surface area contributed by atoms with Crippen LogP contribution in [0.3, 0.4) is 0 Å². The van der Waals surface area contributed by atoms with Gasteiger partial charge >= 0.3 is 8.80 Å². The molecule has 5 heteroatoms. The fraction of sp³-hybridized carbons (Fsp3) is 0.571. The number of rotatable bonds is 5. The van der Waals surface area contributed by atoms with Gasteiger partial charge in [-0.2, -0.15) is 0 Å². The van der Waals surface area contributed by atoms with Crippen LogP contribution in [0.15, 0.2) is 12.3 Å². The summed E-state index contributed by atoms with van der Waals surface area (Å²) in [6, 6.07) is 0. The molecule has 0 aliphatic heterocycles. The highest BCUT2D eigenvalue weighted by Gasteiger charge is 2.39. The second-order valence-corrected chi connectivity index (χ2v) is 4.55. The van der Waals surface area contributed by atoms with Gasteiger partial charge in [0.15, 0.2) is 0 Å². The summed E-state index contributed by atoms with van der Waals surface area (Å²) in [4.78, 5) is 10.7. The first-order chi connectivity index (χ1) is 5.60.